The van der Waals surface area contributed by atoms with Crippen molar-refractivity contribution >= 4 is 81.3 Å². The lowest BCUT2D eigenvalue weighted by atomic mass is 9.95. The SMILES string of the molecule is c1cc(-c2ccc(N(c3ccc(-c4ccc5c(c4)oc4ccccc45)cc3)c3cccc4c3sc3ccccc34)cc2)cc(-c2cccc(-c3ccc4ccccc4c3)c2)c1. The number of thiophene rings is 1. The van der Waals surface area contributed by atoms with Gasteiger partial charge in [0.25, 0.3) is 0 Å². The molecule has 0 saturated carbocycles. The van der Waals surface area contributed by atoms with Crippen LogP contribution in [0, 0.1) is 0 Å². The van der Waals surface area contributed by atoms with E-state index in [1.807, 2.05) is 23.5 Å². The quantitative estimate of drug-likeness (QED) is 0.160. The van der Waals surface area contributed by atoms with Crippen LogP contribution in [0.2, 0.25) is 0 Å². The topological polar surface area (TPSA) is 16.4 Å². The molecule has 0 bridgehead atoms. The van der Waals surface area contributed by atoms with Gasteiger partial charge in [0, 0.05) is 37.6 Å². The molecular weight excluding hydrogens is 759 g/mol. The first-order chi connectivity index (χ1) is 30.2. The van der Waals surface area contributed by atoms with Crippen molar-refractivity contribution in [2.45, 2.75) is 0 Å². The molecule has 0 aliphatic carbocycles. The Morgan fingerprint density at radius 3 is 1.54 bits per heavy atom. The van der Waals surface area contributed by atoms with Crippen molar-refractivity contribution in [1.29, 1.82) is 0 Å². The van der Waals surface area contributed by atoms with Crippen molar-refractivity contribution in [3.05, 3.63) is 224 Å². The standard InChI is InChI=1S/C58H37NOS/c1-2-11-41-35-46(23-22-38(41)10-1)45-15-8-14-44(36-45)43-13-7-12-42(34-43)39-24-29-48(30-25-39)59(54-19-9-18-53-52-17-4-6-21-57(52)61-58(53)54)49-31-26-40(27-32-49)47-28-33-51-50-16-3-5-20-55(50)60-56(51)37-47/h1-37H. The van der Waals surface area contributed by atoms with Crippen molar-refractivity contribution in [2.75, 3.05) is 4.90 Å². The van der Waals surface area contributed by atoms with Crippen LogP contribution in [0.1, 0.15) is 0 Å². The highest BCUT2D eigenvalue weighted by Crippen LogP contribution is 2.45. The Morgan fingerprint density at radius 1 is 0.311 bits per heavy atom. The van der Waals surface area contributed by atoms with Crippen LogP contribution < -0.4 is 4.90 Å². The van der Waals surface area contributed by atoms with Crippen LogP contribution in [0.4, 0.5) is 17.1 Å². The minimum Gasteiger partial charge on any atom is -0.456 e. The van der Waals surface area contributed by atoms with E-state index in [9.17, 15) is 0 Å². The van der Waals surface area contributed by atoms with Crippen molar-refractivity contribution < 1.29 is 4.42 Å². The van der Waals surface area contributed by atoms with Crippen LogP contribution in [0.5, 0.6) is 0 Å². The summed E-state index contributed by atoms with van der Waals surface area (Å²) in [6.07, 6.45) is 0. The number of fused-ring (bicyclic) bond motifs is 7. The zero-order chi connectivity index (χ0) is 40.3. The normalized spacial score (nSPS) is 11.6. The van der Waals surface area contributed by atoms with Gasteiger partial charge in [-0.1, -0.05) is 152 Å². The van der Waals surface area contributed by atoms with E-state index in [0.29, 0.717) is 0 Å². The van der Waals surface area contributed by atoms with Crippen LogP contribution in [-0.4, -0.2) is 0 Å². The van der Waals surface area contributed by atoms with Crippen molar-refractivity contribution in [2.24, 2.45) is 0 Å². The molecule has 2 heterocycles. The minimum absolute atomic E-state index is 0.904. The predicted octanol–water partition coefficient (Wildman–Crippen LogP) is 17.2. The summed E-state index contributed by atoms with van der Waals surface area (Å²) in [5.74, 6) is 0. The Hall–Kier alpha value is -7.72. The first kappa shape index (κ1) is 35.2. The number of furan rings is 1. The van der Waals surface area contributed by atoms with E-state index >= 15 is 0 Å². The molecule has 286 valence electrons. The molecule has 3 heteroatoms. The number of hydrogen-bond acceptors (Lipinski definition) is 3. The highest BCUT2D eigenvalue weighted by molar-refractivity contribution is 7.26. The van der Waals surface area contributed by atoms with E-state index in [2.05, 4.69) is 217 Å². The van der Waals surface area contributed by atoms with E-state index in [1.54, 1.807) is 0 Å². The second kappa shape index (κ2) is 14.5. The van der Waals surface area contributed by atoms with Crippen molar-refractivity contribution in [3.8, 4) is 44.5 Å². The maximum Gasteiger partial charge on any atom is 0.136 e. The second-order valence-corrected chi connectivity index (χ2v) is 16.8. The Balaban J connectivity index is 0.905. The second-order valence-electron chi connectivity index (χ2n) is 15.7. The van der Waals surface area contributed by atoms with Gasteiger partial charge in [-0.25, -0.2) is 0 Å². The molecule has 12 aromatic rings. The van der Waals surface area contributed by atoms with Crippen molar-refractivity contribution in [3.63, 3.8) is 0 Å². The molecule has 12 rings (SSSR count). The Kier molecular flexibility index (Phi) is 8.39. The number of anilines is 3. The van der Waals surface area contributed by atoms with E-state index in [-0.39, 0.29) is 0 Å². The average molecular weight is 796 g/mol. The summed E-state index contributed by atoms with van der Waals surface area (Å²) in [5, 5.41) is 7.36. The lowest BCUT2D eigenvalue weighted by Gasteiger charge is -2.26. The van der Waals surface area contributed by atoms with Crippen LogP contribution in [0.3, 0.4) is 0 Å². The zero-order valence-corrected chi connectivity index (χ0v) is 33.9. The molecule has 61 heavy (non-hydrogen) atoms. The summed E-state index contributed by atoms with van der Waals surface area (Å²) in [5.41, 5.74) is 14.6. The summed E-state index contributed by atoms with van der Waals surface area (Å²) in [6.45, 7) is 0. The van der Waals surface area contributed by atoms with Gasteiger partial charge in [0.1, 0.15) is 11.2 Å². The Labute approximate surface area is 357 Å². The molecule has 0 fully saturated rings. The van der Waals surface area contributed by atoms with Crippen LogP contribution in [0.25, 0.3) is 97.4 Å². The van der Waals surface area contributed by atoms with Crippen LogP contribution >= 0.6 is 11.3 Å². The number of rotatable bonds is 7. The van der Waals surface area contributed by atoms with Crippen molar-refractivity contribution in [1.82, 2.24) is 0 Å². The molecule has 0 aliphatic heterocycles. The fraction of sp³-hybridized carbons (Fsp3) is 0. The van der Waals surface area contributed by atoms with Gasteiger partial charge in [0.05, 0.1) is 10.4 Å². The van der Waals surface area contributed by atoms with Gasteiger partial charge in [-0.05, 0) is 128 Å². The largest absolute Gasteiger partial charge is 0.456 e. The van der Waals surface area contributed by atoms with Gasteiger partial charge in [0.15, 0.2) is 0 Å². The molecule has 0 aliphatic rings. The zero-order valence-electron chi connectivity index (χ0n) is 33.1. The van der Waals surface area contributed by atoms with Gasteiger partial charge in [-0.15, -0.1) is 11.3 Å². The maximum absolute atomic E-state index is 6.25. The van der Waals surface area contributed by atoms with Gasteiger partial charge >= 0.3 is 0 Å². The van der Waals surface area contributed by atoms with E-state index in [4.69, 9.17) is 4.42 Å². The monoisotopic (exact) mass is 795 g/mol. The smallest absolute Gasteiger partial charge is 0.136 e. The predicted molar refractivity (Wildman–Crippen MR) is 261 cm³/mol. The molecule has 2 nitrogen and oxygen atoms in total. The molecule has 0 spiro atoms. The third-order valence-electron chi connectivity index (χ3n) is 12.1. The van der Waals surface area contributed by atoms with Gasteiger partial charge in [-0.3, -0.25) is 0 Å². The lowest BCUT2D eigenvalue weighted by molar-refractivity contribution is 0.669. The summed E-state index contributed by atoms with van der Waals surface area (Å²) in [6, 6.07) is 81.3. The average Bonchev–Trinajstić information content (AvgIpc) is 3.91. The molecule has 2 aromatic heterocycles. The Morgan fingerprint density at radius 2 is 0.820 bits per heavy atom. The van der Waals surface area contributed by atoms with Crippen LogP contribution in [-0.2, 0) is 0 Å². The molecule has 0 N–H and O–H groups in total. The molecule has 0 atom stereocenters. The maximum atomic E-state index is 6.25. The highest BCUT2D eigenvalue weighted by Gasteiger charge is 2.19. The number of nitrogens with zero attached hydrogens (tertiary/aromatic N) is 1. The summed E-state index contributed by atoms with van der Waals surface area (Å²) >= 11 is 1.86. The molecule has 0 unspecified atom stereocenters. The molecule has 0 amide bonds. The van der Waals surface area contributed by atoms with Crippen LogP contribution in [0.15, 0.2) is 229 Å². The summed E-state index contributed by atoms with van der Waals surface area (Å²) < 4.78 is 8.81. The van der Waals surface area contributed by atoms with E-state index in [0.717, 1.165) is 50.1 Å². The van der Waals surface area contributed by atoms with Gasteiger partial charge in [0.2, 0.25) is 0 Å². The Bertz CT molecular complexity index is 3590. The highest BCUT2D eigenvalue weighted by atomic mass is 32.1. The number of hydrogen-bond donors (Lipinski definition) is 0. The third-order valence-corrected chi connectivity index (χ3v) is 13.3. The van der Waals surface area contributed by atoms with Gasteiger partial charge in [-0.2, -0.15) is 0 Å². The lowest BCUT2D eigenvalue weighted by Crippen LogP contribution is -2.10. The van der Waals surface area contributed by atoms with E-state index < -0.39 is 0 Å². The molecule has 10 aromatic carbocycles. The minimum atomic E-state index is 0.904. The number of benzene rings is 10. The molecule has 0 radical (unpaired) electrons. The number of para-hydroxylation sites is 1. The summed E-state index contributed by atoms with van der Waals surface area (Å²) in [4.78, 5) is 2.41. The third kappa shape index (κ3) is 6.26. The molecule has 0 saturated heterocycles. The molecular formula is C58H37NOS. The summed E-state index contributed by atoms with van der Waals surface area (Å²) in [7, 11) is 0. The first-order valence-corrected chi connectivity index (χ1v) is 21.5. The fourth-order valence-electron chi connectivity index (χ4n) is 8.97. The van der Waals surface area contributed by atoms with E-state index in [1.165, 1.54) is 64.3 Å². The van der Waals surface area contributed by atoms with Gasteiger partial charge < -0.3 is 9.32 Å². The first-order valence-electron chi connectivity index (χ1n) is 20.7. The fourth-order valence-corrected chi connectivity index (χ4v) is 10.2.